The molecule has 0 amide bonds. The van der Waals surface area contributed by atoms with E-state index >= 15 is 0 Å². The van der Waals surface area contributed by atoms with Gasteiger partial charge in [0.05, 0.1) is 5.69 Å². The molecule has 1 aromatic carbocycles. The van der Waals surface area contributed by atoms with Crippen molar-refractivity contribution in [3.8, 4) is 11.3 Å². The molecule has 0 fully saturated rings. The van der Waals surface area contributed by atoms with Crippen molar-refractivity contribution < 1.29 is 0 Å². The van der Waals surface area contributed by atoms with Crippen molar-refractivity contribution in [3.05, 3.63) is 57.4 Å². The number of nitrogens with two attached hydrogens (primary N) is 1. The molecule has 3 nitrogen and oxygen atoms in total. The van der Waals surface area contributed by atoms with Crippen LogP contribution in [0.15, 0.2) is 35.1 Å². The Morgan fingerprint density at radius 3 is 2.32 bits per heavy atom. The van der Waals surface area contributed by atoms with E-state index in [-0.39, 0.29) is 18.1 Å². The van der Waals surface area contributed by atoms with Crippen molar-refractivity contribution >= 4 is 0 Å². The molecule has 0 saturated heterocycles. The predicted molar refractivity (Wildman–Crippen MR) is 93.1 cm³/mol. The van der Waals surface area contributed by atoms with Gasteiger partial charge in [-0.05, 0) is 49.4 Å². The summed E-state index contributed by atoms with van der Waals surface area (Å²) in [5.41, 5.74) is 10.9. The standard InChI is InChI=1S/C19H26N2O/c1-5-14(4)21-18(11-13(3)17(12-20)19(21)22)16-9-7-15(6-2)8-10-16/h7-11,14H,5-6,12,20H2,1-4H3. The normalized spacial score (nSPS) is 12.4. The number of benzene rings is 1. The maximum Gasteiger partial charge on any atom is 0.256 e. The summed E-state index contributed by atoms with van der Waals surface area (Å²) in [5.74, 6) is 0. The summed E-state index contributed by atoms with van der Waals surface area (Å²) in [4.78, 5) is 12.8. The Bertz CT molecular complexity index is 699. The van der Waals surface area contributed by atoms with E-state index in [1.165, 1.54) is 5.56 Å². The lowest BCUT2D eigenvalue weighted by atomic mass is 10.0. The first kappa shape index (κ1) is 16.5. The Balaban J connectivity index is 2.70. The number of aryl methyl sites for hydroxylation is 2. The zero-order valence-electron chi connectivity index (χ0n) is 14.0. The fourth-order valence-corrected chi connectivity index (χ4v) is 2.79. The quantitative estimate of drug-likeness (QED) is 0.912. The van der Waals surface area contributed by atoms with Gasteiger partial charge in [0.25, 0.3) is 5.56 Å². The number of aromatic nitrogens is 1. The van der Waals surface area contributed by atoms with Crippen LogP contribution in [0.5, 0.6) is 0 Å². The number of hydrogen-bond donors (Lipinski definition) is 1. The van der Waals surface area contributed by atoms with Crippen molar-refractivity contribution in [2.24, 2.45) is 5.73 Å². The van der Waals surface area contributed by atoms with Gasteiger partial charge in [0.1, 0.15) is 0 Å². The summed E-state index contributed by atoms with van der Waals surface area (Å²) in [7, 11) is 0. The number of hydrogen-bond acceptors (Lipinski definition) is 2. The third-order valence-electron chi connectivity index (χ3n) is 4.46. The summed E-state index contributed by atoms with van der Waals surface area (Å²) in [6.45, 7) is 8.58. The number of pyridine rings is 1. The minimum absolute atomic E-state index is 0.0476. The monoisotopic (exact) mass is 298 g/mol. The SMILES string of the molecule is CCc1ccc(-c2cc(C)c(CN)c(=O)n2C(C)CC)cc1. The Labute approximate surface area is 132 Å². The molecule has 0 saturated carbocycles. The average molecular weight is 298 g/mol. The lowest BCUT2D eigenvalue weighted by Crippen LogP contribution is -2.30. The molecule has 118 valence electrons. The zero-order chi connectivity index (χ0) is 16.3. The lowest BCUT2D eigenvalue weighted by Gasteiger charge is -2.21. The number of nitrogens with zero attached hydrogens (tertiary/aromatic N) is 1. The fourth-order valence-electron chi connectivity index (χ4n) is 2.79. The largest absolute Gasteiger partial charge is 0.326 e. The molecule has 2 rings (SSSR count). The van der Waals surface area contributed by atoms with Crippen LogP contribution in [0.4, 0.5) is 0 Å². The van der Waals surface area contributed by atoms with E-state index in [4.69, 9.17) is 5.73 Å². The van der Waals surface area contributed by atoms with Crippen LogP contribution in [-0.4, -0.2) is 4.57 Å². The molecule has 2 aromatic rings. The lowest BCUT2D eigenvalue weighted by molar-refractivity contribution is 0.515. The second-order valence-corrected chi connectivity index (χ2v) is 5.88. The molecule has 1 aromatic heterocycles. The molecule has 1 unspecified atom stereocenters. The van der Waals surface area contributed by atoms with Gasteiger partial charge in [0, 0.05) is 18.2 Å². The summed E-state index contributed by atoms with van der Waals surface area (Å²) < 4.78 is 1.90. The Morgan fingerprint density at radius 2 is 1.82 bits per heavy atom. The highest BCUT2D eigenvalue weighted by Gasteiger charge is 2.16. The fraction of sp³-hybridized carbons (Fsp3) is 0.421. The first-order chi connectivity index (χ1) is 10.5. The van der Waals surface area contributed by atoms with Crippen LogP contribution in [0, 0.1) is 6.92 Å². The van der Waals surface area contributed by atoms with E-state index in [9.17, 15) is 4.79 Å². The molecule has 22 heavy (non-hydrogen) atoms. The van der Waals surface area contributed by atoms with Crippen molar-refractivity contribution in [2.45, 2.75) is 53.1 Å². The Hall–Kier alpha value is -1.87. The molecule has 0 aliphatic rings. The summed E-state index contributed by atoms with van der Waals surface area (Å²) in [6, 6.07) is 10.7. The van der Waals surface area contributed by atoms with Gasteiger partial charge in [0.2, 0.25) is 0 Å². The predicted octanol–water partition coefficient (Wildman–Crippen LogP) is 3.82. The maximum absolute atomic E-state index is 12.8. The van der Waals surface area contributed by atoms with Gasteiger partial charge < -0.3 is 10.3 Å². The van der Waals surface area contributed by atoms with Crippen LogP contribution in [0.1, 0.15) is 49.9 Å². The Morgan fingerprint density at radius 1 is 1.18 bits per heavy atom. The van der Waals surface area contributed by atoms with E-state index in [0.717, 1.165) is 29.7 Å². The van der Waals surface area contributed by atoms with Gasteiger partial charge in [-0.3, -0.25) is 4.79 Å². The first-order valence-electron chi connectivity index (χ1n) is 8.07. The average Bonchev–Trinajstić information content (AvgIpc) is 2.54. The van der Waals surface area contributed by atoms with Crippen LogP contribution >= 0.6 is 0 Å². The summed E-state index contributed by atoms with van der Waals surface area (Å²) in [6.07, 6.45) is 1.93. The van der Waals surface area contributed by atoms with E-state index in [0.29, 0.717) is 5.56 Å². The molecule has 0 aliphatic heterocycles. The number of rotatable bonds is 5. The third-order valence-corrected chi connectivity index (χ3v) is 4.46. The molecule has 1 atom stereocenters. The van der Waals surface area contributed by atoms with Gasteiger partial charge in [-0.1, -0.05) is 38.1 Å². The molecule has 2 N–H and O–H groups in total. The van der Waals surface area contributed by atoms with Crippen LogP contribution < -0.4 is 11.3 Å². The van der Waals surface area contributed by atoms with E-state index in [1.807, 2.05) is 11.5 Å². The minimum atomic E-state index is 0.0476. The van der Waals surface area contributed by atoms with Crippen molar-refractivity contribution in [1.82, 2.24) is 4.57 Å². The van der Waals surface area contributed by atoms with E-state index in [2.05, 4.69) is 51.1 Å². The van der Waals surface area contributed by atoms with E-state index in [1.54, 1.807) is 0 Å². The maximum atomic E-state index is 12.8. The van der Waals surface area contributed by atoms with Crippen molar-refractivity contribution in [3.63, 3.8) is 0 Å². The van der Waals surface area contributed by atoms with Crippen LogP contribution in [0.3, 0.4) is 0 Å². The minimum Gasteiger partial charge on any atom is -0.326 e. The summed E-state index contributed by atoms with van der Waals surface area (Å²) in [5, 5.41) is 0. The molecule has 1 heterocycles. The van der Waals surface area contributed by atoms with Crippen LogP contribution in [0.2, 0.25) is 0 Å². The van der Waals surface area contributed by atoms with Gasteiger partial charge in [-0.2, -0.15) is 0 Å². The van der Waals surface area contributed by atoms with Crippen molar-refractivity contribution in [1.29, 1.82) is 0 Å². The first-order valence-corrected chi connectivity index (χ1v) is 8.07. The molecule has 0 radical (unpaired) electrons. The van der Waals surface area contributed by atoms with Gasteiger partial charge in [-0.15, -0.1) is 0 Å². The molecule has 0 spiro atoms. The van der Waals surface area contributed by atoms with Gasteiger partial charge in [0.15, 0.2) is 0 Å². The Kier molecular flexibility index (Phi) is 5.19. The molecule has 0 aliphatic carbocycles. The van der Waals surface area contributed by atoms with Crippen molar-refractivity contribution in [2.75, 3.05) is 0 Å². The van der Waals surface area contributed by atoms with Gasteiger partial charge >= 0.3 is 0 Å². The van der Waals surface area contributed by atoms with Crippen LogP contribution in [0.25, 0.3) is 11.3 Å². The molecule has 3 heteroatoms. The van der Waals surface area contributed by atoms with E-state index < -0.39 is 0 Å². The third kappa shape index (κ3) is 3.00. The highest BCUT2D eigenvalue weighted by Crippen LogP contribution is 2.25. The molecular formula is C19H26N2O. The highest BCUT2D eigenvalue weighted by molar-refractivity contribution is 5.61. The smallest absolute Gasteiger partial charge is 0.256 e. The second kappa shape index (κ2) is 6.93. The molecule has 0 bridgehead atoms. The topological polar surface area (TPSA) is 48.0 Å². The molecular weight excluding hydrogens is 272 g/mol. The summed E-state index contributed by atoms with van der Waals surface area (Å²) >= 11 is 0. The van der Waals surface area contributed by atoms with Crippen LogP contribution in [-0.2, 0) is 13.0 Å². The second-order valence-electron chi connectivity index (χ2n) is 5.88. The van der Waals surface area contributed by atoms with Gasteiger partial charge in [-0.25, -0.2) is 0 Å². The highest BCUT2D eigenvalue weighted by atomic mass is 16.1. The zero-order valence-corrected chi connectivity index (χ0v) is 14.0.